The van der Waals surface area contributed by atoms with Crippen LogP contribution in [0.3, 0.4) is 0 Å². The molecule has 2 atom stereocenters. The van der Waals surface area contributed by atoms with Crippen molar-refractivity contribution in [2.75, 3.05) is 40.0 Å². The van der Waals surface area contributed by atoms with Crippen LogP contribution in [0, 0.1) is 0 Å². The van der Waals surface area contributed by atoms with E-state index in [1.807, 2.05) is 0 Å². The van der Waals surface area contributed by atoms with Crippen molar-refractivity contribution < 1.29 is 58.0 Å². The molecule has 2 unspecified atom stereocenters. The Morgan fingerprint density at radius 3 is 1.40 bits per heavy atom. The number of aliphatic hydroxyl groups excluding tert-OH is 2. The molecule has 2 N–H and O–H groups in total. The van der Waals surface area contributed by atoms with Gasteiger partial charge < -0.3 is 33.9 Å². The number of aliphatic hydroxyl groups is 2. The molecule has 13 heteroatoms. The van der Waals surface area contributed by atoms with Crippen molar-refractivity contribution >= 4 is 18.0 Å². The monoisotopic (exact) mass is 609 g/mol. The van der Waals surface area contributed by atoms with Gasteiger partial charge in [0.25, 0.3) is 0 Å². The van der Waals surface area contributed by atoms with Crippen LogP contribution in [0.1, 0.15) is 112 Å². The molecular formula is C29H55NO12. The summed E-state index contributed by atoms with van der Waals surface area (Å²) in [5.74, 6) is -0.880. The Balaban J connectivity index is 5.35. The van der Waals surface area contributed by atoms with E-state index in [0.29, 0.717) is 18.1 Å². The Labute approximate surface area is 250 Å². The van der Waals surface area contributed by atoms with Gasteiger partial charge in [-0.25, -0.2) is 14.5 Å². The molecule has 42 heavy (non-hydrogen) atoms. The standard InChI is InChI=1S/C29H55NO12/c1-6-8-10-12-14-16-26(33)38-20-24(18-36-22-31)41-30(28(35)40-29(3,4)5)42-25(19-37-23-32)21-39-27(34)17-15-13-11-9-7-2/h24-25,31-32H,6-23H2,1-5H3. The summed E-state index contributed by atoms with van der Waals surface area (Å²) in [6.07, 6.45) is 6.96. The van der Waals surface area contributed by atoms with Crippen molar-refractivity contribution in [1.82, 2.24) is 5.23 Å². The van der Waals surface area contributed by atoms with E-state index in [1.54, 1.807) is 20.8 Å². The van der Waals surface area contributed by atoms with Gasteiger partial charge in [0.15, 0.2) is 0 Å². The highest BCUT2D eigenvalue weighted by Gasteiger charge is 2.31. The highest BCUT2D eigenvalue weighted by atomic mass is 17.0. The van der Waals surface area contributed by atoms with Crippen molar-refractivity contribution in [3.05, 3.63) is 0 Å². The molecule has 0 bridgehead atoms. The maximum Gasteiger partial charge on any atom is 0.460 e. The number of hydrogen-bond acceptors (Lipinski definition) is 12. The second kappa shape index (κ2) is 25.5. The molecule has 0 fully saturated rings. The van der Waals surface area contributed by atoms with E-state index >= 15 is 0 Å². The lowest BCUT2D eigenvalue weighted by Crippen LogP contribution is -2.45. The van der Waals surface area contributed by atoms with E-state index < -0.39 is 49.4 Å². The number of esters is 2. The summed E-state index contributed by atoms with van der Waals surface area (Å²) in [7, 11) is 0. The molecule has 13 nitrogen and oxygen atoms in total. The molecule has 0 aliphatic heterocycles. The van der Waals surface area contributed by atoms with Crippen LogP contribution in [0.2, 0.25) is 0 Å². The summed E-state index contributed by atoms with van der Waals surface area (Å²) >= 11 is 0. The first-order chi connectivity index (χ1) is 20.1. The molecule has 0 rings (SSSR count). The zero-order valence-electron chi connectivity index (χ0n) is 26.3. The van der Waals surface area contributed by atoms with Gasteiger partial charge in [-0.05, 0) is 38.8 Å². The molecule has 0 radical (unpaired) electrons. The number of carbonyl (C=O) groups excluding carboxylic acids is 3. The molecule has 0 aliphatic rings. The summed E-state index contributed by atoms with van der Waals surface area (Å²) in [6.45, 7) is 6.75. The van der Waals surface area contributed by atoms with Crippen LogP contribution < -0.4 is 0 Å². The Morgan fingerprint density at radius 1 is 0.643 bits per heavy atom. The number of ether oxygens (including phenoxy) is 5. The molecule has 1 amide bonds. The normalized spacial score (nSPS) is 12.9. The van der Waals surface area contributed by atoms with E-state index in [-0.39, 0.29) is 39.3 Å². The molecule has 0 aromatic rings. The summed E-state index contributed by atoms with van der Waals surface area (Å²) in [6, 6.07) is 0. The number of rotatable bonds is 26. The van der Waals surface area contributed by atoms with E-state index in [2.05, 4.69) is 13.8 Å². The number of unbranched alkanes of at least 4 members (excludes halogenated alkanes) is 8. The fourth-order valence-electron chi connectivity index (χ4n) is 3.53. The van der Waals surface area contributed by atoms with Gasteiger partial charge >= 0.3 is 18.0 Å². The first kappa shape index (κ1) is 40.0. The van der Waals surface area contributed by atoms with Gasteiger partial charge in [0.2, 0.25) is 0 Å². The van der Waals surface area contributed by atoms with Crippen LogP contribution in [0.15, 0.2) is 0 Å². The molecule has 0 aromatic carbocycles. The Hall–Kier alpha value is -2.03. The smallest absolute Gasteiger partial charge is 0.460 e. The van der Waals surface area contributed by atoms with E-state index in [0.717, 1.165) is 51.4 Å². The number of nitrogens with zero attached hydrogens (tertiary/aromatic N) is 1. The van der Waals surface area contributed by atoms with Gasteiger partial charge in [-0.3, -0.25) is 9.59 Å². The second-order valence-corrected chi connectivity index (χ2v) is 10.9. The van der Waals surface area contributed by atoms with Gasteiger partial charge in [-0.2, -0.15) is 0 Å². The molecule has 0 heterocycles. The zero-order chi connectivity index (χ0) is 31.6. The number of amides is 1. The quantitative estimate of drug-likeness (QED) is 0.0463. The highest BCUT2D eigenvalue weighted by molar-refractivity contribution is 5.69. The van der Waals surface area contributed by atoms with Crippen LogP contribution in [-0.4, -0.2) is 91.3 Å². The summed E-state index contributed by atoms with van der Waals surface area (Å²) in [4.78, 5) is 48.8. The molecule has 0 spiro atoms. The lowest BCUT2D eigenvalue weighted by atomic mass is 10.1. The van der Waals surface area contributed by atoms with Crippen LogP contribution in [-0.2, 0) is 42.9 Å². The molecule has 0 saturated carbocycles. The zero-order valence-corrected chi connectivity index (χ0v) is 26.3. The van der Waals surface area contributed by atoms with E-state index in [9.17, 15) is 14.4 Å². The van der Waals surface area contributed by atoms with Crippen molar-refractivity contribution in [1.29, 1.82) is 0 Å². The summed E-state index contributed by atoms with van der Waals surface area (Å²) < 4.78 is 26.0. The SMILES string of the molecule is CCCCCCCC(=O)OCC(COCO)ON(OC(COCO)COC(=O)CCCCCCC)C(=O)OC(C)(C)C. The summed E-state index contributed by atoms with van der Waals surface area (Å²) in [5, 5.41) is 18.7. The van der Waals surface area contributed by atoms with E-state index in [1.165, 1.54) is 0 Å². The maximum atomic E-state index is 13.0. The minimum Gasteiger partial charge on any atom is -0.463 e. The highest BCUT2D eigenvalue weighted by Crippen LogP contribution is 2.15. The van der Waals surface area contributed by atoms with Crippen molar-refractivity contribution in [2.45, 2.75) is 129 Å². The third kappa shape index (κ3) is 23.5. The van der Waals surface area contributed by atoms with Gasteiger partial charge in [0, 0.05) is 12.8 Å². The van der Waals surface area contributed by atoms with Gasteiger partial charge in [-0.15, -0.1) is 0 Å². The number of hydrogen-bond donors (Lipinski definition) is 2. The first-order valence-corrected chi connectivity index (χ1v) is 15.1. The topological polar surface area (TPSA) is 160 Å². The third-order valence-corrected chi connectivity index (χ3v) is 5.65. The molecular weight excluding hydrogens is 554 g/mol. The van der Waals surface area contributed by atoms with Gasteiger partial charge in [0.05, 0.1) is 13.2 Å². The van der Waals surface area contributed by atoms with Crippen LogP contribution in [0.4, 0.5) is 4.79 Å². The Morgan fingerprint density at radius 2 is 1.05 bits per heavy atom. The first-order valence-electron chi connectivity index (χ1n) is 15.1. The predicted octanol–water partition coefficient (Wildman–Crippen LogP) is 4.56. The van der Waals surface area contributed by atoms with Crippen LogP contribution in [0.25, 0.3) is 0 Å². The molecule has 248 valence electrons. The van der Waals surface area contributed by atoms with Gasteiger partial charge in [-0.1, -0.05) is 65.2 Å². The second-order valence-electron chi connectivity index (χ2n) is 10.9. The summed E-state index contributed by atoms with van der Waals surface area (Å²) in [5.41, 5.74) is -0.926. The molecule has 0 aromatic heterocycles. The lowest BCUT2D eigenvalue weighted by Gasteiger charge is -2.30. The largest absolute Gasteiger partial charge is 0.463 e. The number of hydroxylamine groups is 2. The average Bonchev–Trinajstić information content (AvgIpc) is 2.93. The predicted molar refractivity (Wildman–Crippen MR) is 153 cm³/mol. The minimum atomic E-state index is -1.07. The van der Waals surface area contributed by atoms with Crippen LogP contribution in [0.5, 0.6) is 0 Å². The third-order valence-electron chi connectivity index (χ3n) is 5.65. The van der Waals surface area contributed by atoms with Crippen molar-refractivity contribution in [2.24, 2.45) is 0 Å². The van der Waals surface area contributed by atoms with Crippen LogP contribution >= 0.6 is 0 Å². The fraction of sp³-hybridized carbons (Fsp3) is 0.897. The van der Waals surface area contributed by atoms with Crippen molar-refractivity contribution in [3.8, 4) is 0 Å². The Bertz CT molecular complexity index is 657. The molecule has 0 saturated heterocycles. The minimum absolute atomic E-state index is 0.230. The maximum absolute atomic E-state index is 13.0. The lowest BCUT2D eigenvalue weighted by molar-refractivity contribution is -0.385. The number of carbonyl (C=O) groups is 3. The van der Waals surface area contributed by atoms with E-state index in [4.69, 9.17) is 43.6 Å². The van der Waals surface area contributed by atoms with Gasteiger partial charge in [0.1, 0.15) is 44.6 Å². The Kier molecular flexibility index (Phi) is 24.2. The molecule has 0 aliphatic carbocycles. The fourth-order valence-corrected chi connectivity index (χ4v) is 3.53. The average molecular weight is 610 g/mol. The van der Waals surface area contributed by atoms with Crippen molar-refractivity contribution in [3.63, 3.8) is 0 Å².